The molecule has 0 amide bonds. The lowest BCUT2D eigenvalue weighted by Crippen LogP contribution is -2.45. The molecule has 3 heteroatoms. The maximum absolute atomic E-state index is 9.57. The molecule has 0 bridgehead atoms. The summed E-state index contributed by atoms with van der Waals surface area (Å²) in [6.45, 7) is 7.92. The molecule has 2 rings (SSSR count). The Bertz CT molecular complexity index is 385. The van der Waals surface area contributed by atoms with Crippen molar-refractivity contribution in [1.29, 1.82) is 0 Å². The number of rotatable bonds is 4. The fraction of sp³-hybridized carbons (Fsp3) is 0.733. The highest BCUT2D eigenvalue weighted by atomic mass is 32.1. The van der Waals surface area contributed by atoms with Gasteiger partial charge in [0, 0.05) is 21.8 Å². The van der Waals surface area contributed by atoms with E-state index in [1.54, 1.807) is 0 Å². The van der Waals surface area contributed by atoms with Crippen molar-refractivity contribution in [3.63, 3.8) is 0 Å². The van der Waals surface area contributed by atoms with Crippen LogP contribution in [0.5, 0.6) is 0 Å². The van der Waals surface area contributed by atoms with Crippen LogP contribution in [0.1, 0.15) is 56.2 Å². The summed E-state index contributed by atoms with van der Waals surface area (Å²) in [6, 6.07) is 4.46. The molecule has 1 aromatic rings. The van der Waals surface area contributed by atoms with Crippen molar-refractivity contribution in [3.05, 3.63) is 21.9 Å². The zero-order valence-corrected chi connectivity index (χ0v) is 12.6. The third-order valence-electron chi connectivity index (χ3n) is 3.90. The summed E-state index contributed by atoms with van der Waals surface area (Å²) in [5, 5.41) is 13.2. The quantitative estimate of drug-likeness (QED) is 0.876. The van der Waals surface area contributed by atoms with Crippen molar-refractivity contribution in [2.24, 2.45) is 0 Å². The fourth-order valence-electron chi connectivity index (χ4n) is 2.59. The molecule has 0 atom stereocenters. The lowest BCUT2D eigenvalue weighted by molar-refractivity contribution is 0.163. The number of hydrogen-bond donors (Lipinski definition) is 2. The van der Waals surface area contributed by atoms with E-state index in [0.29, 0.717) is 0 Å². The first-order chi connectivity index (χ1) is 8.45. The van der Waals surface area contributed by atoms with Gasteiger partial charge in [0.2, 0.25) is 0 Å². The third-order valence-corrected chi connectivity index (χ3v) is 5.41. The highest BCUT2D eigenvalue weighted by molar-refractivity contribution is 7.12. The molecule has 1 aliphatic rings. The van der Waals surface area contributed by atoms with Gasteiger partial charge in [-0.15, -0.1) is 11.3 Å². The van der Waals surface area contributed by atoms with Gasteiger partial charge in [0.15, 0.2) is 0 Å². The second-order valence-corrected chi connectivity index (χ2v) is 7.68. The maximum atomic E-state index is 9.57. The first kappa shape index (κ1) is 14.0. The second-order valence-electron chi connectivity index (χ2n) is 6.52. The van der Waals surface area contributed by atoms with Crippen LogP contribution >= 0.6 is 11.3 Å². The van der Waals surface area contributed by atoms with E-state index in [-0.39, 0.29) is 17.6 Å². The molecule has 0 unspecified atom stereocenters. The van der Waals surface area contributed by atoms with Crippen LogP contribution in [0.4, 0.5) is 0 Å². The zero-order chi connectivity index (χ0) is 13.2. The highest BCUT2D eigenvalue weighted by Crippen LogP contribution is 2.32. The molecule has 2 N–H and O–H groups in total. The molecule has 1 fully saturated rings. The predicted octanol–water partition coefficient (Wildman–Crippen LogP) is 3.44. The molecule has 1 aromatic heterocycles. The van der Waals surface area contributed by atoms with Gasteiger partial charge in [-0.3, -0.25) is 0 Å². The molecule has 0 spiro atoms. The lowest BCUT2D eigenvalue weighted by atomic mass is 9.95. The van der Waals surface area contributed by atoms with E-state index in [0.717, 1.165) is 19.4 Å². The van der Waals surface area contributed by atoms with Crippen molar-refractivity contribution >= 4 is 11.3 Å². The van der Waals surface area contributed by atoms with E-state index in [2.05, 4.69) is 38.2 Å². The number of nitrogens with one attached hydrogen (secondary N) is 1. The fourth-order valence-corrected chi connectivity index (χ4v) is 3.60. The van der Waals surface area contributed by atoms with E-state index in [1.807, 2.05) is 11.3 Å². The molecule has 102 valence electrons. The van der Waals surface area contributed by atoms with Crippen molar-refractivity contribution in [1.82, 2.24) is 5.32 Å². The largest absolute Gasteiger partial charge is 0.394 e. The summed E-state index contributed by atoms with van der Waals surface area (Å²) in [4.78, 5) is 2.81. The smallest absolute Gasteiger partial charge is 0.0613 e. The molecule has 1 heterocycles. The Hall–Kier alpha value is -0.380. The monoisotopic (exact) mass is 267 g/mol. The Kier molecular flexibility index (Phi) is 4.15. The molecule has 2 nitrogen and oxygen atoms in total. The summed E-state index contributed by atoms with van der Waals surface area (Å²) in [5.41, 5.74) is 0.233. The first-order valence-corrected chi connectivity index (χ1v) is 7.72. The van der Waals surface area contributed by atoms with Crippen LogP contribution in [0, 0.1) is 0 Å². The Morgan fingerprint density at radius 2 is 1.94 bits per heavy atom. The summed E-state index contributed by atoms with van der Waals surface area (Å²) in [6.07, 6.45) is 4.71. The van der Waals surface area contributed by atoms with Gasteiger partial charge in [0.25, 0.3) is 0 Å². The topological polar surface area (TPSA) is 32.3 Å². The molecule has 1 aliphatic carbocycles. The minimum Gasteiger partial charge on any atom is -0.394 e. The van der Waals surface area contributed by atoms with E-state index in [9.17, 15) is 5.11 Å². The SMILES string of the molecule is CC(C)(C)c1ccc(CNC2(CO)CCCC2)s1. The number of thiophene rings is 1. The zero-order valence-electron chi connectivity index (χ0n) is 11.8. The molecule has 18 heavy (non-hydrogen) atoms. The Morgan fingerprint density at radius 3 is 2.44 bits per heavy atom. The van der Waals surface area contributed by atoms with Crippen LogP contribution in [0.2, 0.25) is 0 Å². The van der Waals surface area contributed by atoms with Crippen LogP contribution in [0.3, 0.4) is 0 Å². The average Bonchev–Trinajstić information content (AvgIpc) is 2.96. The number of hydrogen-bond acceptors (Lipinski definition) is 3. The van der Waals surface area contributed by atoms with Gasteiger partial charge >= 0.3 is 0 Å². The van der Waals surface area contributed by atoms with Crippen molar-refractivity contribution in [2.75, 3.05) is 6.61 Å². The van der Waals surface area contributed by atoms with Crippen molar-refractivity contribution < 1.29 is 5.11 Å². The lowest BCUT2D eigenvalue weighted by Gasteiger charge is -2.27. The normalized spacial score (nSPS) is 19.3. The third kappa shape index (κ3) is 3.14. The first-order valence-electron chi connectivity index (χ1n) is 6.90. The Balaban J connectivity index is 1.96. The van der Waals surface area contributed by atoms with Gasteiger partial charge in [0.1, 0.15) is 0 Å². The summed E-state index contributed by atoms with van der Waals surface area (Å²) >= 11 is 1.89. The summed E-state index contributed by atoms with van der Waals surface area (Å²) < 4.78 is 0. The Morgan fingerprint density at radius 1 is 1.28 bits per heavy atom. The summed E-state index contributed by atoms with van der Waals surface area (Å²) in [5.74, 6) is 0. The minimum atomic E-state index is -0.00805. The number of aliphatic hydroxyl groups excluding tert-OH is 1. The Labute approximate surface area is 114 Å². The van der Waals surface area contributed by atoms with Crippen LogP contribution in [-0.2, 0) is 12.0 Å². The second kappa shape index (κ2) is 5.32. The van der Waals surface area contributed by atoms with Gasteiger partial charge < -0.3 is 10.4 Å². The molecule has 0 aromatic carbocycles. The van der Waals surface area contributed by atoms with Crippen LogP contribution in [0.25, 0.3) is 0 Å². The van der Waals surface area contributed by atoms with Crippen LogP contribution in [0.15, 0.2) is 12.1 Å². The van der Waals surface area contributed by atoms with Gasteiger partial charge in [0.05, 0.1) is 6.61 Å². The highest BCUT2D eigenvalue weighted by Gasteiger charge is 2.32. The van der Waals surface area contributed by atoms with E-state index in [4.69, 9.17) is 0 Å². The van der Waals surface area contributed by atoms with Gasteiger partial charge in [-0.05, 0) is 30.4 Å². The van der Waals surface area contributed by atoms with E-state index >= 15 is 0 Å². The predicted molar refractivity (Wildman–Crippen MR) is 78.1 cm³/mol. The van der Waals surface area contributed by atoms with Crippen LogP contribution in [-0.4, -0.2) is 17.3 Å². The summed E-state index contributed by atoms with van der Waals surface area (Å²) in [7, 11) is 0. The molecule has 0 radical (unpaired) electrons. The molecular weight excluding hydrogens is 242 g/mol. The van der Waals surface area contributed by atoms with Gasteiger partial charge in [-0.2, -0.15) is 0 Å². The van der Waals surface area contributed by atoms with Crippen molar-refractivity contribution in [3.8, 4) is 0 Å². The molecular formula is C15H25NOS. The number of aliphatic hydroxyl groups is 1. The van der Waals surface area contributed by atoms with Gasteiger partial charge in [-0.1, -0.05) is 33.6 Å². The van der Waals surface area contributed by atoms with Crippen molar-refractivity contribution in [2.45, 2.75) is 64.0 Å². The molecule has 1 saturated carbocycles. The molecule has 0 saturated heterocycles. The maximum Gasteiger partial charge on any atom is 0.0613 e. The van der Waals surface area contributed by atoms with Crippen LogP contribution < -0.4 is 5.32 Å². The average molecular weight is 267 g/mol. The van der Waals surface area contributed by atoms with E-state index in [1.165, 1.54) is 22.6 Å². The minimum absolute atomic E-state index is 0.00805. The van der Waals surface area contributed by atoms with Gasteiger partial charge in [-0.25, -0.2) is 0 Å². The van der Waals surface area contributed by atoms with E-state index < -0.39 is 0 Å². The molecule has 0 aliphatic heterocycles. The standard InChI is InChI=1S/C15H25NOS/c1-14(2,3)13-7-6-12(18-13)10-16-15(11-17)8-4-5-9-15/h6-7,16-17H,4-5,8-11H2,1-3H3.